The van der Waals surface area contributed by atoms with Gasteiger partial charge >= 0.3 is 0 Å². The Balaban J connectivity index is 3.04. The summed E-state index contributed by atoms with van der Waals surface area (Å²) in [7, 11) is 0. The highest BCUT2D eigenvalue weighted by molar-refractivity contribution is 14.1. The van der Waals surface area contributed by atoms with Crippen molar-refractivity contribution in [3.63, 3.8) is 0 Å². The molecule has 0 spiro atoms. The van der Waals surface area contributed by atoms with E-state index in [1.165, 1.54) is 203 Å². The van der Waals surface area contributed by atoms with Crippen LogP contribution in [-0.2, 0) is 4.79 Å². The van der Waals surface area contributed by atoms with Crippen LogP contribution in [0.5, 0.6) is 0 Å². The maximum absolute atomic E-state index is 10.9. The predicted molar refractivity (Wildman–Crippen MR) is 186 cm³/mol. The normalized spacial score (nSPS) is 11.3. The van der Waals surface area contributed by atoms with Crippen LogP contribution in [0.25, 0.3) is 0 Å². The van der Waals surface area contributed by atoms with Crippen LogP contribution < -0.4 is 5.48 Å². The summed E-state index contributed by atoms with van der Waals surface area (Å²) >= 11 is 2.50. The van der Waals surface area contributed by atoms with Gasteiger partial charge in [-0.05, 0) is 17.3 Å². The number of amides is 1. The van der Waals surface area contributed by atoms with Gasteiger partial charge < -0.3 is 0 Å². The largest absolute Gasteiger partial charge is 0.289 e. The summed E-state index contributed by atoms with van der Waals surface area (Å²) in [6.07, 6.45) is 47.1. The van der Waals surface area contributed by atoms with Crippen LogP contribution >= 0.6 is 22.6 Å². The zero-order chi connectivity index (χ0) is 29.0. The average Bonchev–Trinajstić information content (AvgIpc) is 2.97. The van der Waals surface area contributed by atoms with E-state index in [0.29, 0.717) is 6.42 Å². The Morgan fingerprint density at radius 1 is 0.350 bits per heavy atom. The average molecular weight is 678 g/mol. The van der Waals surface area contributed by atoms with Gasteiger partial charge in [0.1, 0.15) is 0 Å². The lowest BCUT2D eigenvalue weighted by atomic mass is 10.0. The van der Waals surface area contributed by atoms with E-state index in [-0.39, 0.29) is 5.91 Å². The van der Waals surface area contributed by atoms with Crippen LogP contribution in [0.3, 0.4) is 0 Å². The van der Waals surface area contributed by atoms with Crippen molar-refractivity contribution in [3.8, 4) is 0 Å². The molecular weight excluding hydrogens is 605 g/mol. The Bertz CT molecular complexity index is 474. The first-order valence-corrected chi connectivity index (χ1v) is 19.8. The SMILES string of the molecule is O=C(CCCCCCCCCCCCCCCCCCCCCCCCCCCCCCCCCCCI)NO. The number of hydrogen-bond acceptors (Lipinski definition) is 2. The van der Waals surface area contributed by atoms with Crippen LogP contribution in [0.2, 0.25) is 0 Å². The van der Waals surface area contributed by atoms with Gasteiger partial charge in [-0.1, -0.05) is 222 Å². The highest BCUT2D eigenvalue weighted by atomic mass is 127. The van der Waals surface area contributed by atoms with Crippen molar-refractivity contribution in [1.29, 1.82) is 0 Å². The van der Waals surface area contributed by atoms with E-state index in [1.807, 2.05) is 0 Å². The molecule has 0 saturated carbocycles. The molecule has 0 rings (SSSR count). The van der Waals surface area contributed by atoms with Gasteiger partial charge in [0.05, 0.1) is 0 Å². The number of rotatable bonds is 35. The van der Waals surface area contributed by atoms with Gasteiger partial charge in [0.15, 0.2) is 0 Å². The van der Waals surface area contributed by atoms with E-state index in [9.17, 15) is 4.79 Å². The maximum Gasteiger partial charge on any atom is 0.243 e. The second-order valence-electron chi connectivity index (χ2n) is 12.6. The smallest absolute Gasteiger partial charge is 0.243 e. The highest BCUT2D eigenvalue weighted by Gasteiger charge is 1.99. The third-order valence-electron chi connectivity index (χ3n) is 8.66. The van der Waals surface area contributed by atoms with Crippen molar-refractivity contribution >= 4 is 28.5 Å². The van der Waals surface area contributed by atoms with Crippen molar-refractivity contribution in [2.75, 3.05) is 4.43 Å². The van der Waals surface area contributed by atoms with Crippen LogP contribution in [0, 0.1) is 0 Å². The number of unbranched alkanes of at least 4 members (excludes halogenated alkanes) is 32. The summed E-state index contributed by atoms with van der Waals surface area (Å²) < 4.78 is 1.34. The molecule has 1 amide bonds. The Morgan fingerprint density at radius 3 is 0.700 bits per heavy atom. The number of nitrogens with one attached hydrogen (secondary N) is 1. The molecule has 0 aromatic rings. The molecule has 0 aliphatic rings. The fourth-order valence-electron chi connectivity index (χ4n) is 5.92. The molecule has 40 heavy (non-hydrogen) atoms. The molecule has 0 saturated heterocycles. The second kappa shape index (κ2) is 37.2. The van der Waals surface area contributed by atoms with E-state index in [1.54, 1.807) is 5.48 Å². The quantitative estimate of drug-likeness (QED) is 0.0231. The minimum atomic E-state index is -0.254. The van der Waals surface area contributed by atoms with Gasteiger partial charge in [-0.25, -0.2) is 5.48 Å². The highest BCUT2D eigenvalue weighted by Crippen LogP contribution is 2.17. The van der Waals surface area contributed by atoms with Crippen LogP contribution in [0.4, 0.5) is 0 Å². The minimum absolute atomic E-state index is 0.254. The monoisotopic (exact) mass is 677 g/mol. The van der Waals surface area contributed by atoms with Gasteiger partial charge in [0, 0.05) is 6.42 Å². The number of hydroxylamine groups is 1. The standard InChI is InChI=1S/C36H72INO2/c37-35-33-31-29-27-25-23-21-19-17-15-13-11-9-7-5-3-1-2-4-6-8-10-12-14-16-18-20-22-24-26-28-30-32-34-36(39)38-40/h40H,1-35H2,(H,38,39). The number of hydrogen-bond donors (Lipinski definition) is 2. The van der Waals surface area contributed by atoms with Crippen molar-refractivity contribution in [2.45, 2.75) is 218 Å². The number of carbonyl (C=O) groups is 1. The van der Waals surface area contributed by atoms with Gasteiger partial charge in [-0.15, -0.1) is 0 Å². The number of halogens is 1. The summed E-state index contributed by atoms with van der Waals surface area (Å²) in [5.41, 5.74) is 1.70. The van der Waals surface area contributed by atoms with E-state index in [0.717, 1.165) is 12.8 Å². The predicted octanol–water partition coefficient (Wildman–Crippen LogP) is 13.2. The van der Waals surface area contributed by atoms with Crippen LogP contribution in [0.1, 0.15) is 218 Å². The summed E-state index contributed by atoms with van der Waals surface area (Å²) in [4.78, 5) is 10.9. The summed E-state index contributed by atoms with van der Waals surface area (Å²) in [5, 5.41) is 8.46. The molecule has 0 fully saturated rings. The van der Waals surface area contributed by atoms with E-state index < -0.39 is 0 Å². The van der Waals surface area contributed by atoms with Crippen LogP contribution in [-0.4, -0.2) is 15.5 Å². The van der Waals surface area contributed by atoms with E-state index >= 15 is 0 Å². The zero-order valence-corrected chi connectivity index (χ0v) is 29.1. The van der Waals surface area contributed by atoms with Gasteiger partial charge in [-0.3, -0.25) is 10.0 Å². The molecule has 3 nitrogen and oxygen atoms in total. The van der Waals surface area contributed by atoms with Crippen molar-refractivity contribution in [1.82, 2.24) is 5.48 Å². The van der Waals surface area contributed by atoms with Crippen molar-refractivity contribution < 1.29 is 10.0 Å². The first-order chi connectivity index (χ1) is 19.8. The lowest BCUT2D eigenvalue weighted by Gasteiger charge is -2.05. The Kier molecular flexibility index (Phi) is 37.3. The topological polar surface area (TPSA) is 49.3 Å². The summed E-state index contributed by atoms with van der Waals surface area (Å²) in [6, 6.07) is 0. The van der Waals surface area contributed by atoms with Gasteiger partial charge in [0.2, 0.25) is 5.91 Å². The first kappa shape index (κ1) is 40.2. The molecule has 0 aliphatic heterocycles. The molecule has 0 radical (unpaired) electrons. The van der Waals surface area contributed by atoms with Gasteiger partial charge in [-0.2, -0.15) is 0 Å². The third kappa shape index (κ3) is 36.2. The maximum atomic E-state index is 10.9. The van der Waals surface area contributed by atoms with Crippen molar-refractivity contribution in [2.24, 2.45) is 0 Å². The lowest BCUT2D eigenvalue weighted by Crippen LogP contribution is -2.17. The summed E-state index contributed by atoms with van der Waals surface area (Å²) in [6.45, 7) is 0. The minimum Gasteiger partial charge on any atom is -0.289 e. The van der Waals surface area contributed by atoms with E-state index in [2.05, 4.69) is 22.6 Å². The molecule has 0 unspecified atom stereocenters. The zero-order valence-electron chi connectivity index (χ0n) is 27.0. The first-order valence-electron chi connectivity index (χ1n) is 18.3. The molecule has 0 aliphatic carbocycles. The molecule has 2 N–H and O–H groups in total. The Hall–Kier alpha value is 0.160. The number of carbonyl (C=O) groups excluding carboxylic acids is 1. The van der Waals surface area contributed by atoms with Crippen LogP contribution in [0.15, 0.2) is 0 Å². The van der Waals surface area contributed by atoms with E-state index in [4.69, 9.17) is 5.21 Å². The van der Waals surface area contributed by atoms with Crippen molar-refractivity contribution in [3.05, 3.63) is 0 Å². The molecule has 240 valence electrons. The molecule has 0 aromatic carbocycles. The summed E-state index contributed by atoms with van der Waals surface area (Å²) in [5.74, 6) is -0.254. The molecular formula is C36H72INO2. The molecule has 4 heteroatoms. The Labute approximate surface area is 265 Å². The molecule has 0 atom stereocenters. The third-order valence-corrected chi connectivity index (χ3v) is 9.42. The van der Waals surface area contributed by atoms with Gasteiger partial charge in [0.25, 0.3) is 0 Å². The molecule has 0 heterocycles. The fraction of sp³-hybridized carbons (Fsp3) is 0.972. The fourth-order valence-corrected chi connectivity index (χ4v) is 6.46. The molecule has 0 bridgehead atoms. The lowest BCUT2D eigenvalue weighted by molar-refractivity contribution is -0.129. The molecule has 0 aromatic heterocycles. The number of alkyl halides is 1. The second-order valence-corrected chi connectivity index (χ2v) is 13.7. The Morgan fingerprint density at radius 2 is 0.525 bits per heavy atom.